The highest BCUT2D eigenvalue weighted by Crippen LogP contribution is 2.20. The van der Waals surface area contributed by atoms with Crippen molar-refractivity contribution < 1.29 is 22.7 Å². The first-order chi connectivity index (χ1) is 18.8. The lowest BCUT2D eigenvalue weighted by Gasteiger charge is -2.34. The smallest absolute Gasteiger partial charge is 0.255 e. The van der Waals surface area contributed by atoms with Gasteiger partial charge < -0.3 is 15.4 Å². The van der Waals surface area contributed by atoms with Gasteiger partial charge >= 0.3 is 0 Å². The summed E-state index contributed by atoms with van der Waals surface area (Å²) in [7, 11) is -1.94. The Balaban J connectivity index is 1.31. The van der Waals surface area contributed by atoms with Gasteiger partial charge in [0.1, 0.15) is 0 Å². The molecule has 10 heteroatoms. The SMILES string of the molecule is COCCNC(=O)c1ccccc1NC(=O)c1ccc(CN2CCN(S(=O)(=O)c3ccc(C)cc3)CC2)cc1. The van der Waals surface area contributed by atoms with Gasteiger partial charge in [0.05, 0.1) is 22.8 Å². The molecule has 0 bridgehead atoms. The van der Waals surface area contributed by atoms with Crippen molar-refractivity contribution in [3.8, 4) is 0 Å². The molecule has 0 spiro atoms. The number of hydrogen-bond acceptors (Lipinski definition) is 6. The second-order valence-electron chi connectivity index (χ2n) is 9.44. The van der Waals surface area contributed by atoms with Crippen LogP contribution in [0.15, 0.2) is 77.7 Å². The molecule has 0 aromatic heterocycles. The van der Waals surface area contributed by atoms with E-state index in [-0.39, 0.29) is 11.8 Å². The molecule has 4 rings (SSSR count). The number of aryl methyl sites for hydroxylation is 1. The molecule has 0 saturated carbocycles. The molecule has 1 saturated heterocycles. The van der Waals surface area contributed by atoms with Gasteiger partial charge in [-0.3, -0.25) is 14.5 Å². The summed E-state index contributed by atoms with van der Waals surface area (Å²) in [4.78, 5) is 27.9. The summed E-state index contributed by atoms with van der Waals surface area (Å²) >= 11 is 0. The average molecular weight is 551 g/mol. The van der Waals surface area contributed by atoms with Crippen LogP contribution in [0.4, 0.5) is 5.69 Å². The second-order valence-corrected chi connectivity index (χ2v) is 11.4. The van der Waals surface area contributed by atoms with Crippen LogP contribution in [0.5, 0.6) is 0 Å². The van der Waals surface area contributed by atoms with Crippen LogP contribution in [0.3, 0.4) is 0 Å². The first-order valence-corrected chi connectivity index (χ1v) is 14.3. The molecule has 39 heavy (non-hydrogen) atoms. The second kappa shape index (κ2) is 13.0. The number of methoxy groups -OCH3 is 1. The van der Waals surface area contributed by atoms with Crippen LogP contribution in [-0.2, 0) is 21.3 Å². The summed E-state index contributed by atoms with van der Waals surface area (Å²) < 4.78 is 32.4. The highest BCUT2D eigenvalue weighted by atomic mass is 32.2. The van der Waals surface area contributed by atoms with Gasteiger partial charge in [0.25, 0.3) is 11.8 Å². The van der Waals surface area contributed by atoms with Crippen LogP contribution in [0, 0.1) is 6.92 Å². The molecule has 1 fully saturated rings. The van der Waals surface area contributed by atoms with Crippen molar-refractivity contribution in [2.24, 2.45) is 0 Å². The molecule has 0 atom stereocenters. The molecule has 1 heterocycles. The van der Waals surface area contributed by atoms with Crippen LogP contribution in [0.1, 0.15) is 31.8 Å². The first kappa shape index (κ1) is 28.4. The van der Waals surface area contributed by atoms with E-state index < -0.39 is 10.0 Å². The molecule has 0 aliphatic carbocycles. The third kappa shape index (κ3) is 7.30. The Morgan fingerprint density at radius 2 is 1.54 bits per heavy atom. The van der Waals surface area contributed by atoms with Crippen molar-refractivity contribution in [3.05, 3.63) is 95.1 Å². The molecule has 206 valence electrons. The van der Waals surface area contributed by atoms with Crippen LogP contribution < -0.4 is 10.6 Å². The van der Waals surface area contributed by atoms with Gasteiger partial charge in [-0.2, -0.15) is 4.31 Å². The third-order valence-electron chi connectivity index (χ3n) is 6.62. The van der Waals surface area contributed by atoms with Crippen molar-refractivity contribution in [3.63, 3.8) is 0 Å². The minimum Gasteiger partial charge on any atom is -0.383 e. The number of benzene rings is 3. The zero-order chi connectivity index (χ0) is 27.8. The normalized spacial score (nSPS) is 14.6. The lowest BCUT2D eigenvalue weighted by molar-refractivity contribution is 0.0938. The Hall–Kier alpha value is -3.57. The number of para-hydroxylation sites is 1. The van der Waals surface area contributed by atoms with E-state index in [4.69, 9.17) is 4.74 Å². The van der Waals surface area contributed by atoms with Gasteiger partial charge in [-0.25, -0.2) is 8.42 Å². The molecule has 0 radical (unpaired) electrons. The van der Waals surface area contributed by atoms with E-state index in [2.05, 4.69) is 15.5 Å². The van der Waals surface area contributed by atoms with E-state index in [1.807, 2.05) is 31.2 Å². The van der Waals surface area contributed by atoms with E-state index in [9.17, 15) is 18.0 Å². The number of ether oxygens (including phenoxy) is 1. The number of sulfonamides is 1. The fourth-order valence-electron chi connectivity index (χ4n) is 4.35. The van der Waals surface area contributed by atoms with Gasteiger partial charge in [-0.1, -0.05) is 42.0 Å². The summed E-state index contributed by atoms with van der Waals surface area (Å²) in [5.41, 5.74) is 3.33. The highest BCUT2D eigenvalue weighted by molar-refractivity contribution is 7.89. The summed E-state index contributed by atoms with van der Waals surface area (Å²) in [6, 6.07) is 21.1. The maximum absolute atomic E-state index is 13.0. The monoisotopic (exact) mass is 550 g/mol. The summed E-state index contributed by atoms with van der Waals surface area (Å²) in [5.74, 6) is -0.598. The van der Waals surface area contributed by atoms with Gasteiger partial charge in [-0.05, 0) is 48.9 Å². The summed E-state index contributed by atoms with van der Waals surface area (Å²) in [5, 5.41) is 5.59. The third-order valence-corrected chi connectivity index (χ3v) is 8.54. The Kier molecular flexibility index (Phi) is 9.47. The quantitative estimate of drug-likeness (QED) is 0.376. The zero-order valence-corrected chi connectivity index (χ0v) is 23.0. The molecule has 1 aliphatic rings. The van der Waals surface area contributed by atoms with Crippen LogP contribution in [0.25, 0.3) is 0 Å². The molecule has 3 aromatic rings. The minimum atomic E-state index is -3.50. The molecular weight excluding hydrogens is 516 g/mol. The van der Waals surface area contributed by atoms with Gasteiger partial charge in [-0.15, -0.1) is 0 Å². The zero-order valence-electron chi connectivity index (χ0n) is 22.2. The van der Waals surface area contributed by atoms with Crippen molar-refractivity contribution in [2.75, 3.05) is 51.8 Å². The summed E-state index contributed by atoms with van der Waals surface area (Å²) in [6.07, 6.45) is 0. The average Bonchev–Trinajstić information content (AvgIpc) is 2.94. The van der Waals surface area contributed by atoms with E-state index in [1.165, 1.54) is 4.31 Å². The van der Waals surface area contributed by atoms with Crippen molar-refractivity contribution in [2.45, 2.75) is 18.4 Å². The fraction of sp³-hybridized carbons (Fsp3) is 0.310. The number of piperazine rings is 1. The lowest BCUT2D eigenvalue weighted by Crippen LogP contribution is -2.48. The fourth-order valence-corrected chi connectivity index (χ4v) is 5.78. The van der Waals surface area contributed by atoms with Crippen LogP contribution in [0.2, 0.25) is 0 Å². The molecule has 3 aromatic carbocycles. The van der Waals surface area contributed by atoms with E-state index in [1.54, 1.807) is 55.6 Å². The summed E-state index contributed by atoms with van der Waals surface area (Å²) in [6.45, 7) is 5.45. The lowest BCUT2D eigenvalue weighted by atomic mass is 10.1. The number of carbonyl (C=O) groups is 2. The van der Waals surface area contributed by atoms with Crippen molar-refractivity contribution in [1.82, 2.24) is 14.5 Å². The van der Waals surface area contributed by atoms with Gasteiger partial charge in [0, 0.05) is 51.9 Å². The Morgan fingerprint density at radius 1 is 0.872 bits per heavy atom. The number of amides is 2. The molecule has 9 nitrogen and oxygen atoms in total. The molecular formula is C29H34N4O5S. The van der Waals surface area contributed by atoms with Crippen LogP contribution >= 0.6 is 0 Å². The Bertz CT molecular complexity index is 1380. The number of rotatable bonds is 10. The Labute approximate surface area is 229 Å². The Morgan fingerprint density at radius 3 is 2.21 bits per heavy atom. The van der Waals surface area contributed by atoms with E-state index >= 15 is 0 Å². The molecule has 1 aliphatic heterocycles. The first-order valence-electron chi connectivity index (χ1n) is 12.8. The van der Waals surface area contributed by atoms with Gasteiger partial charge in [0.15, 0.2) is 0 Å². The maximum Gasteiger partial charge on any atom is 0.255 e. The van der Waals surface area contributed by atoms with Crippen LogP contribution in [-0.4, -0.2) is 75.9 Å². The topological polar surface area (TPSA) is 108 Å². The predicted molar refractivity (Wildman–Crippen MR) is 150 cm³/mol. The van der Waals surface area contributed by atoms with E-state index in [0.717, 1.165) is 11.1 Å². The standard InChI is InChI=1S/C29H34N4O5S/c1-22-7-13-25(14-8-22)39(36,37)33-18-16-32(17-19-33)21-23-9-11-24(12-10-23)28(34)31-27-6-4-3-5-26(27)29(35)30-15-20-38-2/h3-14H,15-21H2,1-2H3,(H,30,35)(H,31,34). The predicted octanol–water partition coefficient (Wildman–Crippen LogP) is 3.13. The number of carbonyl (C=O) groups excluding carboxylic acids is 2. The minimum absolute atomic E-state index is 0.287. The number of anilines is 1. The highest BCUT2D eigenvalue weighted by Gasteiger charge is 2.28. The maximum atomic E-state index is 13.0. The largest absolute Gasteiger partial charge is 0.383 e. The molecule has 2 N–H and O–H groups in total. The van der Waals surface area contributed by atoms with E-state index in [0.29, 0.717) is 67.6 Å². The number of hydrogen-bond donors (Lipinski definition) is 2. The number of nitrogens with zero attached hydrogens (tertiary/aromatic N) is 2. The van der Waals surface area contributed by atoms with Crippen molar-refractivity contribution in [1.29, 1.82) is 0 Å². The molecule has 0 unspecified atom stereocenters. The number of nitrogens with one attached hydrogen (secondary N) is 2. The van der Waals surface area contributed by atoms with Gasteiger partial charge in [0.2, 0.25) is 10.0 Å². The van der Waals surface area contributed by atoms with Crippen molar-refractivity contribution >= 4 is 27.5 Å². The molecule has 2 amide bonds.